The van der Waals surface area contributed by atoms with Crippen molar-refractivity contribution in [1.29, 1.82) is 0 Å². The number of amidine groups is 1. The van der Waals surface area contributed by atoms with Gasteiger partial charge in [0.15, 0.2) is 5.75 Å². The Kier molecular flexibility index (Phi) is 7.29. The van der Waals surface area contributed by atoms with E-state index in [0.29, 0.717) is 36.0 Å². The molecule has 0 spiro atoms. The molecule has 0 unspecified atom stereocenters. The quantitative estimate of drug-likeness (QED) is 0.580. The van der Waals surface area contributed by atoms with Gasteiger partial charge in [-0.25, -0.2) is 4.99 Å². The molecule has 2 aliphatic heterocycles. The summed E-state index contributed by atoms with van der Waals surface area (Å²) in [4.78, 5) is 20.0. The number of carbonyl (C=O) groups is 1. The molecule has 7 nitrogen and oxygen atoms in total. The molecule has 1 fully saturated rings. The number of hydrogen-bond acceptors (Lipinski definition) is 6. The highest BCUT2D eigenvalue weighted by molar-refractivity contribution is 6.31. The van der Waals surface area contributed by atoms with Gasteiger partial charge in [0.1, 0.15) is 17.3 Å². The van der Waals surface area contributed by atoms with Crippen molar-refractivity contribution in [3.8, 4) is 11.5 Å². The predicted octanol–water partition coefficient (Wildman–Crippen LogP) is 3.32. The number of carbonyl (C=O) groups excluding carboxylic acids is 1. The van der Waals surface area contributed by atoms with E-state index in [1.807, 2.05) is 43.3 Å². The third kappa shape index (κ3) is 4.90. The van der Waals surface area contributed by atoms with E-state index in [9.17, 15) is 4.79 Å². The summed E-state index contributed by atoms with van der Waals surface area (Å²) in [5.74, 6) is 2.08. The molecule has 8 heteroatoms. The molecule has 1 saturated heterocycles. The van der Waals surface area contributed by atoms with Gasteiger partial charge >= 0.3 is 0 Å². The first-order chi connectivity index (χ1) is 15.6. The first-order valence-electron chi connectivity index (χ1n) is 11.1. The van der Waals surface area contributed by atoms with Crippen LogP contribution in [-0.2, 0) is 4.79 Å². The lowest BCUT2D eigenvalue weighted by atomic mass is 9.93. The van der Waals surface area contributed by atoms with Gasteiger partial charge in [-0.2, -0.15) is 0 Å². The molecule has 0 aromatic heterocycles. The summed E-state index contributed by atoms with van der Waals surface area (Å²) >= 11 is 6.24. The van der Waals surface area contributed by atoms with Gasteiger partial charge in [0.25, 0.3) is 0 Å². The highest BCUT2D eigenvalue weighted by Gasteiger charge is 2.33. The zero-order valence-corrected chi connectivity index (χ0v) is 18.9. The minimum atomic E-state index is -0.170. The lowest BCUT2D eigenvalue weighted by Crippen LogP contribution is -2.57. The molecule has 4 rings (SSSR count). The van der Waals surface area contributed by atoms with Crippen LogP contribution in [0.4, 0.5) is 5.69 Å². The number of ether oxygens (including phenoxy) is 1. The van der Waals surface area contributed by atoms with Crippen LogP contribution < -0.4 is 15.4 Å². The number of hydrogen-bond donors (Lipinski definition) is 3. The van der Waals surface area contributed by atoms with Crippen LogP contribution in [0.25, 0.3) is 0 Å². The van der Waals surface area contributed by atoms with Crippen LogP contribution in [-0.4, -0.2) is 60.6 Å². The van der Waals surface area contributed by atoms with E-state index >= 15 is 0 Å². The number of halogens is 1. The number of fused-ring (bicyclic) bond motifs is 2. The summed E-state index contributed by atoms with van der Waals surface area (Å²) in [5.41, 5.74) is 1.61. The topological polar surface area (TPSA) is 86.2 Å². The largest absolute Gasteiger partial charge is 0.454 e. The van der Waals surface area contributed by atoms with E-state index in [-0.39, 0.29) is 24.5 Å². The standard InChI is InChI=1S/C24H29ClN4O3/c1-2-17(24(31)27-10-5-13-30)20-15-29(12-11-26-20)23-18-6-3-4-7-21(18)32-22-9-8-16(25)14-19(22)28-23/h3-4,6-9,14,17,20,26,30H,2,5,10-13,15H2,1H3,(H,27,31)/t17-,20+/m0/s1. The van der Waals surface area contributed by atoms with E-state index < -0.39 is 0 Å². The van der Waals surface area contributed by atoms with Gasteiger partial charge in [0, 0.05) is 43.9 Å². The summed E-state index contributed by atoms with van der Waals surface area (Å²) in [6, 6.07) is 13.3. The predicted molar refractivity (Wildman–Crippen MR) is 126 cm³/mol. The normalized spacial score (nSPS) is 18.5. The minimum absolute atomic E-state index is 0.0132. The Labute approximate surface area is 193 Å². The molecule has 2 aromatic rings. The third-order valence-corrected chi connectivity index (χ3v) is 6.13. The molecule has 2 aliphatic rings. The summed E-state index contributed by atoms with van der Waals surface area (Å²) in [6.07, 6.45) is 1.28. The van der Waals surface area contributed by atoms with Gasteiger partial charge in [0.2, 0.25) is 5.91 Å². The average Bonchev–Trinajstić information content (AvgIpc) is 2.96. The minimum Gasteiger partial charge on any atom is -0.454 e. The fraction of sp³-hybridized carbons (Fsp3) is 0.417. The smallest absolute Gasteiger partial charge is 0.224 e. The van der Waals surface area contributed by atoms with Crippen LogP contribution in [0.5, 0.6) is 11.5 Å². The first kappa shape index (κ1) is 22.6. The Morgan fingerprint density at radius 1 is 1.34 bits per heavy atom. The van der Waals surface area contributed by atoms with Crippen LogP contribution in [0, 0.1) is 5.92 Å². The maximum atomic E-state index is 12.8. The molecule has 2 heterocycles. The van der Waals surface area contributed by atoms with Crippen molar-refractivity contribution in [1.82, 2.24) is 15.5 Å². The number of piperazine rings is 1. The SMILES string of the molecule is CC[C@H](C(=O)NCCCO)[C@H]1CN(C2=Nc3cc(Cl)ccc3Oc3ccccc32)CCN1. The molecule has 3 N–H and O–H groups in total. The summed E-state index contributed by atoms with van der Waals surface area (Å²) in [7, 11) is 0. The molecule has 2 atom stereocenters. The number of rotatable bonds is 6. The fourth-order valence-electron chi connectivity index (χ4n) is 4.25. The first-order valence-corrected chi connectivity index (χ1v) is 11.5. The van der Waals surface area contributed by atoms with Crippen LogP contribution >= 0.6 is 11.6 Å². The van der Waals surface area contributed by atoms with Gasteiger partial charge < -0.3 is 25.4 Å². The number of nitrogens with one attached hydrogen (secondary N) is 2. The van der Waals surface area contributed by atoms with Crippen molar-refractivity contribution in [2.75, 3.05) is 32.8 Å². The zero-order valence-electron chi connectivity index (χ0n) is 18.2. The maximum absolute atomic E-state index is 12.8. The zero-order chi connectivity index (χ0) is 22.5. The van der Waals surface area contributed by atoms with Crippen molar-refractivity contribution < 1.29 is 14.6 Å². The summed E-state index contributed by atoms with van der Waals surface area (Å²) < 4.78 is 6.17. The average molecular weight is 457 g/mol. The number of amides is 1. The highest BCUT2D eigenvalue weighted by atomic mass is 35.5. The van der Waals surface area contributed by atoms with Gasteiger partial charge in [0.05, 0.1) is 11.5 Å². The molecule has 1 amide bonds. The van der Waals surface area contributed by atoms with Crippen molar-refractivity contribution in [2.24, 2.45) is 10.9 Å². The Bertz CT molecular complexity index is 997. The van der Waals surface area contributed by atoms with Gasteiger partial charge in [-0.15, -0.1) is 0 Å². The Hall–Kier alpha value is -2.61. The lowest BCUT2D eigenvalue weighted by Gasteiger charge is -2.38. The molecule has 2 aromatic carbocycles. The Balaban J connectivity index is 1.62. The van der Waals surface area contributed by atoms with Gasteiger partial charge in [-0.05, 0) is 43.2 Å². The lowest BCUT2D eigenvalue weighted by molar-refractivity contribution is -0.126. The number of benzene rings is 2. The third-order valence-electron chi connectivity index (χ3n) is 5.90. The second-order valence-corrected chi connectivity index (χ2v) is 8.47. The fourth-order valence-corrected chi connectivity index (χ4v) is 4.42. The molecular formula is C24H29ClN4O3. The van der Waals surface area contributed by atoms with Crippen molar-refractivity contribution in [2.45, 2.75) is 25.8 Å². The van der Waals surface area contributed by atoms with E-state index in [0.717, 1.165) is 36.7 Å². The Morgan fingerprint density at radius 2 is 2.19 bits per heavy atom. The molecule has 0 radical (unpaired) electrons. The van der Waals surface area contributed by atoms with E-state index in [1.54, 1.807) is 6.07 Å². The van der Waals surface area contributed by atoms with E-state index in [1.165, 1.54) is 0 Å². The monoisotopic (exact) mass is 456 g/mol. The number of nitrogens with zero attached hydrogens (tertiary/aromatic N) is 2. The molecular weight excluding hydrogens is 428 g/mol. The second kappa shape index (κ2) is 10.3. The number of aliphatic imine (C=N–C) groups is 1. The molecule has 0 aliphatic carbocycles. The molecule has 0 saturated carbocycles. The van der Waals surface area contributed by atoms with Crippen molar-refractivity contribution in [3.63, 3.8) is 0 Å². The van der Waals surface area contributed by atoms with E-state index in [4.69, 9.17) is 26.4 Å². The number of para-hydroxylation sites is 1. The molecule has 170 valence electrons. The van der Waals surface area contributed by atoms with E-state index in [2.05, 4.69) is 15.5 Å². The number of aliphatic hydroxyl groups excluding tert-OH is 1. The van der Waals surface area contributed by atoms with Crippen LogP contribution in [0.15, 0.2) is 47.5 Å². The van der Waals surface area contributed by atoms with Gasteiger partial charge in [-0.3, -0.25) is 4.79 Å². The van der Waals surface area contributed by atoms with Crippen LogP contribution in [0.2, 0.25) is 5.02 Å². The second-order valence-electron chi connectivity index (χ2n) is 8.04. The van der Waals surface area contributed by atoms with Crippen LogP contribution in [0.1, 0.15) is 25.3 Å². The molecule has 32 heavy (non-hydrogen) atoms. The summed E-state index contributed by atoms with van der Waals surface area (Å²) in [6.45, 7) is 4.74. The van der Waals surface area contributed by atoms with Crippen LogP contribution in [0.3, 0.4) is 0 Å². The Morgan fingerprint density at radius 3 is 3.00 bits per heavy atom. The molecule has 0 bridgehead atoms. The maximum Gasteiger partial charge on any atom is 0.224 e. The number of aliphatic hydroxyl groups is 1. The van der Waals surface area contributed by atoms with Crippen molar-refractivity contribution in [3.05, 3.63) is 53.1 Å². The van der Waals surface area contributed by atoms with Gasteiger partial charge in [-0.1, -0.05) is 30.7 Å². The highest BCUT2D eigenvalue weighted by Crippen LogP contribution is 2.39. The van der Waals surface area contributed by atoms with Crippen molar-refractivity contribution >= 4 is 29.0 Å². The summed E-state index contributed by atoms with van der Waals surface area (Å²) in [5, 5.41) is 16.1.